The zero-order valence-electron chi connectivity index (χ0n) is 13.5. The lowest BCUT2D eigenvalue weighted by atomic mass is 10.2. The van der Waals surface area contributed by atoms with E-state index in [1.54, 1.807) is 31.3 Å². The maximum Gasteiger partial charge on any atom is 0.279 e. The Morgan fingerprint density at radius 1 is 1.24 bits per heavy atom. The number of hydrogen-bond donors (Lipinski definition) is 1. The topological polar surface area (TPSA) is 116 Å². The summed E-state index contributed by atoms with van der Waals surface area (Å²) in [6, 6.07) is 9.50. The van der Waals surface area contributed by atoms with Crippen LogP contribution in [0.15, 0.2) is 42.6 Å². The Balaban J connectivity index is 1.89. The van der Waals surface area contributed by atoms with Crippen molar-refractivity contribution in [2.75, 3.05) is 5.32 Å². The highest BCUT2D eigenvalue weighted by Crippen LogP contribution is 2.18. The summed E-state index contributed by atoms with van der Waals surface area (Å²) < 4.78 is 1.38. The Morgan fingerprint density at radius 3 is 2.76 bits per heavy atom. The minimum atomic E-state index is -0.493. The van der Waals surface area contributed by atoms with E-state index in [0.717, 1.165) is 5.56 Å². The molecule has 0 aliphatic carbocycles. The van der Waals surface area contributed by atoms with E-state index in [9.17, 15) is 14.9 Å². The number of aryl methyl sites for hydroxylation is 1. The molecule has 0 unspecified atom stereocenters. The highest BCUT2D eigenvalue weighted by Gasteiger charge is 2.19. The van der Waals surface area contributed by atoms with Gasteiger partial charge < -0.3 is 5.32 Å². The molecule has 1 aromatic carbocycles. The number of benzene rings is 1. The maximum atomic E-state index is 12.4. The van der Waals surface area contributed by atoms with Crippen LogP contribution in [-0.2, 0) is 0 Å². The second-order valence-electron chi connectivity index (χ2n) is 5.38. The molecule has 0 spiro atoms. The van der Waals surface area contributed by atoms with Gasteiger partial charge in [-0.2, -0.15) is 0 Å². The quantitative estimate of drug-likeness (QED) is 0.577. The van der Waals surface area contributed by atoms with Crippen LogP contribution in [0.1, 0.15) is 21.7 Å². The molecule has 25 heavy (non-hydrogen) atoms. The molecule has 0 saturated carbocycles. The van der Waals surface area contributed by atoms with Gasteiger partial charge in [-0.3, -0.25) is 14.9 Å². The number of nitro benzene ring substituents is 1. The normalized spacial score (nSPS) is 10.5. The van der Waals surface area contributed by atoms with Gasteiger partial charge in [-0.05, 0) is 37.6 Å². The van der Waals surface area contributed by atoms with E-state index in [4.69, 9.17) is 0 Å². The second kappa shape index (κ2) is 6.48. The van der Waals surface area contributed by atoms with Gasteiger partial charge in [0.2, 0.25) is 0 Å². The lowest BCUT2D eigenvalue weighted by Gasteiger charge is -2.05. The Hall–Kier alpha value is -3.62. The molecular formula is C16H14N6O3. The van der Waals surface area contributed by atoms with Crippen molar-refractivity contribution in [3.63, 3.8) is 0 Å². The molecule has 1 amide bonds. The van der Waals surface area contributed by atoms with Crippen molar-refractivity contribution in [1.82, 2.24) is 20.0 Å². The summed E-state index contributed by atoms with van der Waals surface area (Å²) in [6.07, 6.45) is 1.59. The number of nitrogens with zero attached hydrogens (tertiary/aromatic N) is 5. The van der Waals surface area contributed by atoms with Crippen molar-refractivity contribution in [2.24, 2.45) is 0 Å². The van der Waals surface area contributed by atoms with Gasteiger partial charge in [-0.1, -0.05) is 11.3 Å². The summed E-state index contributed by atoms with van der Waals surface area (Å²) in [7, 11) is 0. The molecule has 2 aromatic heterocycles. The summed E-state index contributed by atoms with van der Waals surface area (Å²) in [5.41, 5.74) is 1.93. The first-order valence-electron chi connectivity index (χ1n) is 7.37. The Bertz CT molecular complexity index is 966. The standard InChI is InChI=1S/C16H14N6O3/c1-10-6-7-17-14(8-10)18-16(23)15-11(2)21(20-19-15)12-4-3-5-13(9-12)22(24)25/h3-9H,1-2H3,(H,17,18,23). The zero-order chi connectivity index (χ0) is 18.0. The van der Waals surface area contributed by atoms with Crippen molar-refractivity contribution >= 4 is 17.4 Å². The first kappa shape index (κ1) is 16.2. The largest absolute Gasteiger partial charge is 0.305 e. The van der Waals surface area contributed by atoms with E-state index in [2.05, 4.69) is 20.6 Å². The zero-order valence-corrected chi connectivity index (χ0v) is 13.5. The summed E-state index contributed by atoms with van der Waals surface area (Å²) in [4.78, 5) is 26.9. The van der Waals surface area contributed by atoms with E-state index in [1.807, 2.05) is 13.0 Å². The van der Waals surface area contributed by atoms with Crippen molar-refractivity contribution in [1.29, 1.82) is 0 Å². The molecular weight excluding hydrogens is 324 g/mol. The third-order valence-corrected chi connectivity index (χ3v) is 3.55. The van der Waals surface area contributed by atoms with Crippen LogP contribution >= 0.6 is 0 Å². The highest BCUT2D eigenvalue weighted by atomic mass is 16.6. The van der Waals surface area contributed by atoms with Crippen molar-refractivity contribution in [3.05, 3.63) is 69.7 Å². The van der Waals surface area contributed by atoms with E-state index in [1.165, 1.54) is 16.8 Å². The Morgan fingerprint density at radius 2 is 2.04 bits per heavy atom. The van der Waals surface area contributed by atoms with E-state index < -0.39 is 10.8 Å². The number of nitrogens with one attached hydrogen (secondary N) is 1. The van der Waals surface area contributed by atoms with Gasteiger partial charge in [0, 0.05) is 18.3 Å². The molecule has 0 aliphatic heterocycles. The van der Waals surface area contributed by atoms with E-state index >= 15 is 0 Å². The van der Waals surface area contributed by atoms with Gasteiger partial charge in [-0.15, -0.1) is 5.10 Å². The lowest BCUT2D eigenvalue weighted by molar-refractivity contribution is -0.384. The number of carbonyl (C=O) groups excluding carboxylic acids is 1. The number of rotatable bonds is 4. The smallest absolute Gasteiger partial charge is 0.279 e. The molecule has 1 N–H and O–H groups in total. The Labute approximate surface area is 142 Å². The summed E-state index contributed by atoms with van der Waals surface area (Å²) in [6.45, 7) is 3.55. The van der Waals surface area contributed by atoms with Crippen molar-refractivity contribution < 1.29 is 9.72 Å². The predicted octanol–water partition coefficient (Wildman–Crippen LogP) is 2.44. The van der Waals surface area contributed by atoms with Crippen LogP contribution in [0.4, 0.5) is 11.5 Å². The number of non-ortho nitro benzene ring substituents is 1. The van der Waals surface area contributed by atoms with Gasteiger partial charge in [0.05, 0.1) is 16.3 Å². The molecule has 0 saturated heterocycles. The fourth-order valence-electron chi connectivity index (χ4n) is 2.30. The number of nitro groups is 1. The van der Waals surface area contributed by atoms with Crippen LogP contribution in [0, 0.1) is 24.0 Å². The predicted molar refractivity (Wildman–Crippen MR) is 89.7 cm³/mol. The van der Waals surface area contributed by atoms with Crippen molar-refractivity contribution in [2.45, 2.75) is 13.8 Å². The number of anilines is 1. The first-order valence-corrected chi connectivity index (χ1v) is 7.37. The van der Waals surface area contributed by atoms with Gasteiger partial charge >= 0.3 is 0 Å². The molecule has 0 bridgehead atoms. The van der Waals surface area contributed by atoms with Crippen molar-refractivity contribution in [3.8, 4) is 5.69 Å². The summed E-state index contributed by atoms with van der Waals surface area (Å²) in [5.74, 6) is -0.0402. The molecule has 0 radical (unpaired) electrons. The summed E-state index contributed by atoms with van der Waals surface area (Å²) in [5, 5.41) is 21.4. The van der Waals surface area contributed by atoms with E-state index in [-0.39, 0.29) is 11.4 Å². The average Bonchev–Trinajstić information content (AvgIpc) is 2.96. The lowest BCUT2D eigenvalue weighted by Crippen LogP contribution is -2.15. The molecule has 9 nitrogen and oxygen atoms in total. The minimum Gasteiger partial charge on any atom is -0.305 e. The number of carbonyl (C=O) groups is 1. The third-order valence-electron chi connectivity index (χ3n) is 3.55. The van der Waals surface area contributed by atoms with Gasteiger partial charge in [0.25, 0.3) is 11.6 Å². The maximum absolute atomic E-state index is 12.4. The third kappa shape index (κ3) is 3.34. The first-order chi connectivity index (χ1) is 12.0. The molecule has 2 heterocycles. The Kier molecular flexibility index (Phi) is 4.21. The van der Waals surface area contributed by atoms with Crippen LogP contribution in [0.2, 0.25) is 0 Å². The van der Waals surface area contributed by atoms with E-state index in [0.29, 0.717) is 17.2 Å². The number of amides is 1. The van der Waals surface area contributed by atoms with Gasteiger partial charge in [-0.25, -0.2) is 9.67 Å². The van der Waals surface area contributed by atoms with Crippen LogP contribution in [0.5, 0.6) is 0 Å². The molecule has 126 valence electrons. The SMILES string of the molecule is Cc1ccnc(NC(=O)c2nnn(-c3cccc([N+](=O)[O-])c3)c2C)c1. The molecule has 0 atom stereocenters. The number of aromatic nitrogens is 4. The van der Waals surface area contributed by atoms with Gasteiger partial charge in [0.15, 0.2) is 5.69 Å². The molecule has 3 aromatic rings. The number of pyridine rings is 1. The molecule has 0 aliphatic rings. The van der Waals surface area contributed by atoms with Crippen LogP contribution in [0.3, 0.4) is 0 Å². The fourth-order valence-corrected chi connectivity index (χ4v) is 2.30. The van der Waals surface area contributed by atoms with Crippen LogP contribution in [0.25, 0.3) is 5.69 Å². The second-order valence-corrected chi connectivity index (χ2v) is 5.38. The fraction of sp³-hybridized carbons (Fsp3) is 0.125. The molecule has 0 fully saturated rings. The molecule has 3 rings (SSSR count). The minimum absolute atomic E-state index is 0.0673. The average molecular weight is 338 g/mol. The molecule has 9 heteroatoms. The van der Waals surface area contributed by atoms with Gasteiger partial charge in [0.1, 0.15) is 5.82 Å². The van der Waals surface area contributed by atoms with Crippen LogP contribution in [-0.4, -0.2) is 30.8 Å². The number of hydrogen-bond acceptors (Lipinski definition) is 6. The van der Waals surface area contributed by atoms with Crippen LogP contribution < -0.4 is 5.32 Å². The highest BCUT2D eigenvalue weighted by molar-refractivity contribution is 6.03. The monoisotopic (exact) mass is 338 g/mol. The summed E-state index contributed by atoms with van der Waals surface area (Å²) >= 11 is 0.